The SMILES string of the molecule is b1ccncc1.c1ccc2snnc2c1. The van der Waals surface area contributed by atoms with Crippen LogP contribution in [0.5, 0.6) is 0 Å². The molecular formula is C10H8BN3S. The fourth-order valence-electron chi connectivity index (χ4n) is 1.04. The first-order valence-corrected chi connectivity index (χ1v) is 5.26. The maximum absolute atomic E-state index is 3.89. The van der Waals surface area contributed by atoms with Crippen LogP contribution in [0.3, 0.4) is 0 Å². The summed E-state index contributed by atoms with van der Waals surface area (Å²) in [5.74, 6) is 3.78. The zero-order chi connectivity index (χ0) is 10.3. The van der Waals surface area contributed by atoms with Crippen molar-refractivity contribution in [3.63, 3.8) is 0 Å². The summed E-state index contributed by atoms with van der Waals surface area (Å²) in [4.78, 5) is 3.78. The Morgan fingerprint density at radius 1 is 1.07 bits per heavy atom. The molecule has 0 aliphatic rings. The fourth-order valence-corrected chi connectivity index (χ4v) is 1.60. The molecule has 5 heteroatoms. The monoisotopic (exact) mass is 213 g/mol. The van der Waals surface area contributed by atoms with Gasteiger partial charge in [0.1, 0.15) is 5.52 Å². The van der Waals surface area contributed by atoms with E-state index in [-0.39, 0.29) is 0 Å². The maximum Gasteiger partial charge on any atom is 0.105 e. The van der Waals surface area contributed by atoms with Crippen LogP contribution in [0.25, 0.3) is 10.2 Å². The van der Waals surface area contributed by atoms with E-state index in [4.69, 9.17) is 0 Å². The second kappa shape index (κ2) is 5.31. The Bertz CT molecular complexity index is 455. The van der Waals surface area contributed by atoms with Gasteiger partial charge in [0.15, 0.2) is 0 Å². The third kappa shape index (κ3) is 2.92. The maximum atomic E-state index is 3.89. The topological polar surface area (TPSA) is 38.7 Å². The van der Waals surface area contributed by atoms with E-state index < -0.39 is 0 Å². The second-order valence-corrected chi connectivity index (χ2v) is 3.55. The van der Waals surface area contributed by atoms with Crippen molar-refractivity contribution in [1.29, 1.82) is 0 Å². The summed E-state index contributed by atoms with van der Waals surface area (Å²) in [5.41, 5.74) is 0.988. The molecule has 0 spiro atoms. The zero-order valence-corrected chi connectivity index (χ0v) is 8.76. The number of hydrogen-bond acceptors (Lipinski definition) is 4. The molecule has 72 valence electrons. The number of hydrogen-bond donors (Lipinski definition) is 0. The van der Waals surface area contributed by atoms with Gasteiger partial charge in [-0.05, 0) is 23.7 Å². The first-order valence-electron chi connectivity index (χ1n) is 4.49. The van der Waals surface area contributed by atoms with Crippen molar-refractivity contribution in [3.8, 4) is 0 Å². The van der Waals surface area contributed by atoms with Gasteiger partial charge in [0.05, 0.1) is 4.70 Å². The van der Waals surface area contributed by atoms with Crippen LogP contribution >= 0.6 is 11.5 Å². The summed E-state index contributed by atoms with van der Waals surface area (Å²) in [6, 6.07) is 7.92. The smallest absolute Gasteiger partial charge is 0.105 e. The second-order valence-electron chi connectivity index (χ2n) is 2.77. The molecule has 1 aromatic carbocycles. The molecule has 0 atom stereocenters. The largest absolute Gasteiger partial charge is 0.138 e. The molecule has 0 radical (unpaired) electrons. The fraction of sp³-hybridized carbons (Fsp3) is 0. The molecule has 3 nitrogen and oxygen atoms in total. The summed E-state index contributed by atoms with van der Waals surface area (Å²) in [5, 5.41) is 3.89. The molecule has 3 aromatic rings. The van der Waals surface area contributed by atoms with Gasteiger partial charge in [-0.2, -0.15) is 0 Å². The Morgan fingerprint density at radius 2 is 1.87 bits per heavy atom. The predicted molar refractivity (Wildman–Crippen MR) is 63.0 cm³/mol. The normalized spacial score (nSPS) is 9.07. The molecule has 3 rings (SSSR count). The first-order chi connectivity index (χ1) is 7.47. The predicted octanol–water partition coefficient (Wildman–Crippen LogP) is 2.11. The third-order valence-electron chi connectivity index (χ3n) is 1.72. The molecule has 0 amide bonds. The Hall–Kier alpha value is -1.62. The van der Waals surface area contributed by atoms with E-state index in [0.717, 1.165) is 10.2 Å². The van der Waals surface area contributed by atoms with Gasteiger partial charge < -0.3 is 0 Å². The molecule has 0 saturated carbocycles. The van der Waals surface area contributed by atoms with E-state index in [0.29, 0.717) is 0 Å². The van der Waals surface area contributed by atoms with Crippen LogP contribution in [0.1, 0.15) is 0 Å². The molecule has 0 fully saturated rings. The average Bonchev–Trinajstić information content (AvgIpc) is 2.80. The molecular weight excluding hydrogens is 205 g/mol. The number of nitrogens with zero attached hydrogens (tertiary/aromatic N) is 3. The van der Waals surface area contributed by atoms with Crippen LogP contribution in [0.4, 0.5) is 0 Å². The van der Waals surface area contributed by atoms with Crippen LogP contribution in [0.2, 0.25) is 0 Å². The Balaban J connectivity index is 0.000000124. The van der Waals surface area contributed by atoms with Gasteiger partial charge in [-0.15, -0.1) is 5.10 Å². The van der Waals surface area contributed by atoms with Crippen LogP contribution in [-0.2, 0) is 0 Å². The van der Waals surface area contributed by atoms with Crippen LogP contribution in [0.15, 0.2) is 48.6 Å². The minimum atomic E-state index is 0.988. The first kappa shape index (κ1) is 9.92. The summed E-state index contributed by atoms with van der Waals surface area (Å²) in [6.45, 7) is 1.94. The van der Waals surface area contributed by atoms with Gasteiger partial charge in [0.2, 0.25) is 0 Å². The Morgan fingerprint density at radius 3 is 2.47 bits per heavy atom. The van der Waals surface area contributed by atoms with Gasteiger partial charge >= 0.3 is 36.2 Å². The van der Waals surface area contributed by atoms with E-state index in [9.17, 15) is 0 Å². The molecule has 0 unspecified atom stereocenters. The van der Waals surface area contributed by atoms with Gasteiger partial charge in [-0.25, -0.2) is 0 Å². The molecule has 0 aliphatic carbocycles. The molecule has 0 bridgehead atoms. The van der Waals surface area contributed by atoms with Gasteiger partial charge in [0, 0.05) is 0 Å². The number of rotatable bonds is 0. The zero-order valence-electron chi connectivity index (χ0n) is 7.95. The Labute approximate surface area is 92.2 Å². The Kier molecular flexibility index (Phi) is 3.51. The van der Waals surface area contributed by atoms with Crippen molar-refractivity contribution in [2.24, 2.45) is 0 Å². The molecule has 0 aliphatic heterocycles. The number of aromatic nitrogens is 3. The van der Waals surface area contributed by atoms with Gasteiger partial charge in [-0.3, -0.25) is 0 Å². The van der Waals surface area contributed by atoms with Crippen molar-refractivity contribution >= 4 is 28.7 Å². The van der Waals surface area contributed by atoms with Crippen molar-refractivity contribution in [2.45, 2.75) is 0 Å². The summed E-state index contributed by atoms with van der Waals surface area (Å²) in [7, 11) is 0. The summed E-state index contributed by atoms with van der Waals surface area (Å²) in [6.07, 6.45) is 3.50. The van der Waals surface area contributed by atoms with Crippen LogP contribution in [-0.4, -0.2) is 21.5 Å². The standard InChI is InChI=1S/C6H4N2S.C4H4BN/c1-2-4-6-5(3-1)7-8-9-6;1-3-6-4-2-5-1/h1-4H;1-4H. The molecule has 2 aromatic heterocycles. The quantitative estimate of drug-likeness (QED) is 0.574. The van der Waals surface area contributed by atoms with E-state index in [2.05, 4.69) is 14.6 Å². The summed E-state index contributed by atoms with van der Waals surface area (Å²) >= 11 is 1.43. The molecule has 0 N–H and O–H groups in total. The van der Waals surface area contributed by atoms with Crippen molar-refractivity contribution in [1.82, 2.24) is 14.6 Å². The molecule has 0 saturated heterocycles. The van der Waals surface area contributed by atoms with E-state index in [1.165, 1.54) is 11.5 Å². The number of benzene rings is 1. The van der Waals surface area contributed by atoms with Crippen LogP contribution in [0, 0.1) is 0 Å². The minimum absolute atomic E-state index is 0.988. The van der Waals surface area contributed by atoms with Crippen molar-refractivity contribution in [2.75, 3.05) is 0 Å². The number of fused-ring (bicyclic) bond motifs is 1. The van der Waals surface area contributed by atoms with Crippen LogP contribution < -0.4 is 0 Å². The van der Waals surface area contributed by atoms with Gasteiger partial charge in [0.25, 0.3) is 0 Å². The van der Waals surface area contributed by atoms with E-state index in [1.807, 2.05) is 43.1 Å². The van der Waals surface area contributed by atoms with Gasteiger partial charge in [-0.1, -0.05) is 16.6 Å². The van der Waals surface area contributed by atoms with E-state index >= 15 is 0 Å². The minimum Gasteiger partial charge on any atom is -0.138 e. The molecule has 15 heavy (non-hydrogen) atoms. The summed E-state index contributed by atoms with van der Waals surface area (Å²) < 4.78 is 4.94. The average molecular weight is 213 g/mol. The third-order valence-corrected chi connectivity index (χ3v) is 2.42. The van der Waals surface area contributed by atoms with Crippen molar-refractivity contribution in [3.05, 3.63) is 48.6 Å². The van der Waals surface area contributed by atoms with E-state index in [1.54, 1.807) is 12.4 Å². The molecule has 2 heterocycles. The van der Waals surface area contributed by atoms with Crippen molar-refractivity contribution < 1.29 is 0 Å².